The summed E-state index contributed by atoms with van der Waals surface area (Å²) in [5.41, 5.74) is -0.118. The van der Waals surface area contributed by atoms with Crippen LogP contribution < -0.4 is 15.4 Å². The van der Waals surface area contributed by atoms with Crippen LogP contribution in [-0.2, 0) is 14.8 Å². The number of hydrogen-bond donors (Lipinski definition) is 4. The van der Waals surface area contributed by atoms with Gasteiger partial charge in [0.25, 0.3) is 0 Å². The van der Waals surface area contributed by atoms with E-state index >= 15 is 0 Å². The fourth-order valence-corrected chi connectivity index (χ4v) is 4.20. The molecular formula is C17H35IN4O4S. The van der Waals surface area contributed by atoms with Crippen LogP contribution in [-0.4, -0.2) is 71.2 Å². The molecule has 27 heavy (non-hydrogen) atoms. The first-order valence-corrected chi connectivity index (χ1v) is 11.3. The second-order valence-electron chi connectivity index (χ2n) is 7.36. The Balaban J connectivity index is 0.00000364. The van der Waals surface area contributed by atoms with Crippen molar-refractivity contribution in [1.82, 2.24) is 15.4 Å². The van der Waals surface area contributed by atoms with Crippen LogP contribution >= 0.6 is 24.0 Å². The van der Waals surface area contributed by atoms with Crippen LogP contribution in [0.4, 0.5) is 0 Å². The molecule has 2 rings (SSSR count). The zero-order chi connectivity index (χ0) is 18.9. The third-order valence-electron chi connectivity index (χ3n) is 5.22. The highest BCUT2D eigenvalue weighted by atomic mass is 127. The minimum atomic E-state index is -3.26. The largest absolute Gasteiger partial charge is 0.396 e. The van der Waals surface area contributed by atoms with Crippen LogP contribution in [0, 0.1) is 11.3 Å². The summed E-state index contributed by atoms with van der Waals surface area (Å²) < 4.78 is 32.3. The third kappa shape index (κ3) is 8.80. The van der Waals surface area contributed by atoms with Crippen molar-refractivity contribution in [2.24, 2.45) is 16.3 Å². The number of guanidine groups is 1. The third-order valence-corrected chi connectivity index (χ3v) is 6.57. The van der Waals surface area contributed by atoms with E-state index in [1.165, 1.54) is 6.42 Å². The average Bonchev–Trinajstić information content (AvgIpc) is 3.00. The quantitative estimate of drug-likeness (QED) is 0.182. The molecule has 1 saturated carbocycles. The molecule has 1 saturated heterocycles. The second kappa shape index (κ2) is 12.4. The molecule has 1 aliphatic carbocycles. The Morgan fingerprint density at radius 1 is 1.33 bits per heavy atom. The fraction of sp³-hybridized carbons (Fsp3) is 0.941. The van der Waals surface area contributed by atoms with E-state index in [1.807, 2.05) is 6.92 Å². The van der Waals surface area contributed by atoms with Crippen LogP contribution in [0.15, 0.2) is 4.99 Å². The molecule has 2 fully saturated rings. The lowest BCUT2D eigenvalue weighted by atomic mass is 9.84. The lowest BCUT2D eigenvalue weighted by Gasteiger charge is -2.25. The Hall–Kier alpha value is -0.170. The number of rotatable bonds is 11. The monoisotopic (exact) mass is 518 g/mol. The molecule has 0 amide bonds. The Morgan fingerprint density at radius 2 is 2.11 bits per heavy atom. The minimum Gasteiger partial charge on any atom is -0.396 e. The van der Waals surface area contributed by atoms with Gasteiger partial charge in [-0.1, -0.05) is 6.42 Å². The number of halogens is 1. The number of hydrogen-bond acceptors (Lipinski definition) is 5. The molecule has 1 unspecified atom stereocenters. The smallest absolute Gasteiger partial charge is 0.213 e. The molecule has 0 bridgehead atoms. The van der Waals surface area contributed by atoms with E-state index in [-0.39, 0.29) is 41.8 Å². The molecule has 1 atom stereocenters. The number of aliphatic imine (C=N–C) groups is 1. The Kier molecular flexibility index (Phi) is 11.4. The van der Waals surface area contributed by atoms with Crippen LogP contribution in [0.5, 0.6) is 0 Å². The summed E-state index contributed by atoms with van der Waals surface area (Å²) in [6.07, 6.45) is 5.00. The highest BCUT2D eigenvalue weighted by molar-refractivity contribution is 14.0. The van der Waals surface area contributed by atoms with Gasteiger partial charge in [0.2, 0.25) is 10.0 Å². The predicted molar refractivity (Wildman–Crippen MR) is 118 cm³/mol. The summed E-state index contributed by atoms with van der Waals surface area (Å²) in [5.74, 6) is 1.13. The van der Waals surface area contributed by atoms with Gasteiger partial charge in [-0.15, -0.1) is 24.0 Å². The van der Waals surface area contributed by atoms with Crippen molar-refractivity contribution in [1.29, 1.82) is 0 Å². The topological polar surface area (TPSA) is 112 Å². The molecular weight excluding hydrogens is 483 g/mol. The maximum absolute atomic E-state index is 12.1. The van der Waals surface area contributed by atoms with Crippen molar-refractivity contribution < 1.29 is 18.3 Å². The van der Waals surface area contributed by atoms with Gasteiger partial charge in [-0.3, -0.25) is 4.99 Å². The Labute approximate surface area is 180 Å². The van der Waals surface area contributed by atoms with E-state index in [0.717, 1.165) is 19.3 Å². The van der Waals surface area contributed by atoms with Crippen molar-refractivity contribution in [3.8, 4) is 0 Å². The molecule has 2 aliphatic rings. The number of ether oxygens (including phenoxy) is 1. The first-order chi connectivity index (χ1) is 12.5. The van der Waals surface area contributed by atoms with E-state index in [0.29, 0.717) is 57.7 Å². The first-order valence-electron chi connectivity index (χ1n) is 9.67. The number of nitrogens with zero attached hydrogens (tertiary/aromatic N) is 1. The Bertz CT molecular complexity index is 549. The van der Waals surface area contributed by atoms with Gasteiger partial charge in [0.1, 0.15) is 0 Å². The lowest BCUT2D eigenvalue weighted by Crippen LogP contribution is -2.42. The number of aliphatic hydroxyl groups is 1. The predicted octanol–water partition coefficient (Wildman–Crippen LogP) is 0.668. The summed E-state index contributed by atoms with van der Waals surface area (Å²) in [6, 6.07) is 0. The van der Waals surface area contributed by atoms with E-state index in [1.54, 1.807) is 0 Å². The fourth-order valence-electron chi connectivity index (χ4n) is 3.19. The van der Waals surface area contributed by atoms with Crippen molar-refractivity contribution in [3.63, 3.8) is 0 Å². The average molecular weight is 518 g/mol. The standard InChI is InChI=1S/C17H34N4O4S.HI/c1-2-18-16(20-13-17(6-9-22)7-10-25-14-17)19-8-11-26(23,24)21-12-15-4-3-5-15;/h15,21-22H,2-14H2,1H3,(H2,18,19,20);1H. The summed E-state index contributed by atoms with van der Waals surface area (Å²) in [5, 5.41) is 15.5. The summed E-state index contributed by atoms with van der Waals surface area (Å²) in [4.78, 5) is 4.59. The van der Waals surface area contributed by atoms with E-state index in [4.69, 9.17) is 4.74 Å². The van der Waals surface area contributed by atoms with Crippen molar-refractivity contribution in [2.45, 2.75) is 39.0 Å². The maximum atomic E-state index is 12.1. The second-order valence-corrected chi connectivity index (χ2v) is 9.29. The van der Waals surface area contributed by atoms with Crippen LogP contribution in [0.2, 0.25) is 0 Å². The van der Waals surface area contributed by atoms with Crippen molar-refractivity contribution in [3.05, 3.63) is 0 Å². The van der Waals surface area contributed by atoms with Gasteiger partial charge in [0, 0.05) is 38.3 Å². The van der Waals surface area contributed by atoms with Gasteiger partial charge < -0.3 is 20.5 Å². The Morgan fingerprint density at radius 3 is 2.67 bits per heavy atom. The molecule has 8 nitrogen and oxygen atoms in total. The van der Waals surface area contributed by atoms with Crippen LogP contribution in [0.3, 0.4) is 0 Å². The first kappa shape index (κ1) is 24.9. The molecule has 0 radical (unpaired) electrons. The molecule has 4 N–H and O–H groups in total. The lowest BCUT2D eigenvalue weighted by molar-refractivity contribution is 0.131. The maximum Gasteiger partial charge on any atom is 0.213 e. The van der Waals surface area contributed by atoms with Gasteiger partial charge in [-0.25, -0.2) is 13.1 Å². The molecule has 0 aromatic carbocycles. The van der Waals surface area contributed by atoms with E-state index in [9.17, 15) is 13.5 Å². The van der Waals surface area contributed by atoms with Crippen molar-refractivity contribution >= 4 is 40.0 Å². The van der Waals surface area contributed by atoms with E-state index < -0.39 is 10.0 Å². The molecule has 0 spiro atoms. The number of nitrogens with one attached hydrogen (secondary N) is 3. The molecule has 0 aromatic heterocycles. The zero-order valence-corrected chi connectivity index (χ0v) is 19.4. The SMILES string of the molecule is CCNC(=NCC1(CCO)CCOC1)NCCS(=O)(=O)NCC1CCC1.I. The summed E-state index contributed by atoms with van der Waals surface area (Å²) >= 11 is 0. The van der Waals surface area contributed by atoms with Gasteiger partial charge in [-0.2, -0.15) is 0 Å². The molecule has 10 heteroatoms. The highest BCUT2D eigenvalue weighted by Gasteiger charge is 2.34. The molecule has 1 aliphatic heterocycles. The normalized spacial score (nSPS) is 23.6. The van der Waals surface area contributed by atoms with Gasteiger partial charge in [0.15, 0.2) is 5.96 Å². The van der Waals surface area contributed by atoms with Crippen LogP contribution in [0.1, 0.15) is 39.0 Å². The zero-order valence-electron chi connectivity index (χ0n) is 16.2. The minimum absolute atomic E-state index is 0. The summed E-state index contributed by atoms with van der Waals surface area (Å²) in [6.45, 7) is 5.50. The van der Waals surface area contributed by atoms with Gasteiger partial charge >= 0.3 is 0 Å². The summed E-state index contributed by atoms with van der Waals surface area (Å²) in [7, 11) is -3.26. The highest BCUT2D eigenvalue weighted by Crippen LogP contribution is 2.32. The van der Waals surface area contributed by atoms with Gasteiger partial charge in [0.05, 0.1) is 18.9 Å². The van der Waals surface area contributed by atoms with E-state index in [2.05, 4.69) is 20.3 Å². The molecule has 1 heterocycles. The van der Waals surface area contributed by atoms with Crippen molar-refractivity contribution in [2.75, 3.05) is 51.8 Å². The number of sulfonamides is 1. The molecule has 0 aromatic rings. The number of aliphatic hydroxyl groups excluding tert-OH is 1. The van der Waals surface area contributed by atoms with Gasteiger partial charge in [-0.05, 0) is 38.5 Å². The van der Waals surface area contributed by atoms with Crippen LogP contribution in [0.25, 0.3) is 0 Å². The molecule has 160 valence electrons.